The SMILES string of the molecule is CC/C=C/C/C=C/C=C/C(O)CCCCCCCC(=O)O[C@H](COC(=O)CCCCCCCCc1oc(CCC)c(C)c1C)COP(=O)([O-])OCC[N+](C)(C)C. The molecule has 0 amide bonds. The lowest BCUT2D eigenvalue weighted by Gasteiger charge is -2.28. The van der Waals surface area contributed by atoms with E-state index in [1.54, 1.807) is 6.08 Å². The number of quaternary nitrogens is 1. The largest absolute Gasteiger partial charge is 0.756 e. The molecule has 0 saturated carbocycles. The Morgan fingerprint density at radius 1 is 0.786 bits per heavy atom. The number of nitrogens with zero attached hydrogens (tertiary/aromatic N) is 1. The number of hydrogen-bond acceptors (Lipinski definition) is 10. The fraction of sp³-hybridized carbons (Fsp3) is 0.727. The first-order valence-electron chi connectivity index (χ1n) is 21.2. The summed E-state index contributed by atoms with van der Waals surface area (Å²) in [5.41, 5.74) is 2.56. The first kappa shape index (κ1) is 51.5. The Kier molecular flexibility index (Phi) is 28.1. The normalized spacial score (nSPS) is 14.5. The number of unbranched alkanes of at least 4 members (excludes halogenated alkanes) is 9. The number of carbonyl (C=O) groups excluding carboxylic acids is 2. The molecule has 1 rings (SSSR count). The van der Waals surface area contributed by atoms with Gasteiger partial charge in [-0.2, -0.15) is 0 Å². The molecule has 0 saturated heterocycles. The van der Waals surface area contributed by atoms with Gasteiger partial charge >= 0.3 is 11.9 Å². The van der Waals surface area contributed by atoms with Crippen LogP contribution in [0.3, 0.4) is 0 Å². The highest BCUT2D eigenvalue weighted by atomic mass is 31.2. The smallest absolute Gasteiger partial charge is 0.306 e. The zero-order valence-electron chi connectivity index (χ0n) is 35.9. The fourth-order valence-corrected chi connectivity index (χ4v) is 6.61. The van der Waals surface area contributed by atoms with Crippen LogP contribution in [0.1, 0.15) is 146 Å². The van der Waals surface area contributed by atoms with Crippen molar-refractivity contribution in [3.63, 3.8) is 0 Å². The lowest BCUT2D eigenvalue weighted by Crippen LogP contribution is -2.37. The second-order valence-electron chi connectivity index (χ2n) is 15.8. The molecule has 0 aliphatic rings. The van der Waals surface area contributed by atoms with Gasteiger partial charge in [-0.05, 0) is 69.9 Å². The van der Waals surface area contributed by atoms with Gasteiger partial charge in [0.15, 0.2) is 6.10 Å². The van der Waals surface area contributed by atoms with Gasteiger partial charge in [-0.1, -0.05) is 102 Å². The Morgan fingerprint density at radius 3 is 2.04 bits per heavy atom. The van der Waals surface area contributed by atoms with Crippen LogP contribution in [0.2, 0.25) is 0 Å². The summed E-state index contributed by atoms with van der Waals surface area (Å²) in [4.78, 5) is 37.6. The number of aliphatic hydroxyl groups is 1. The number of phosphoric acid groups is 1. The number of aliphatic hydroxyl groups excluding tert-OH is 1. The van der Waals surface area contributed by atoms with E-state index in [1.165, 1.54) is 11.1 Å². The molecule has 0 aliphatic carbocycles. The van der Waals surface area contributed by atoms with Crippen molar-refractivity contribution < 1.29 is 51.6 Å². The molecular weight excluding hydrogens is 733 g/mol. The summed E-state index contributed by atoms with van der Waals surface area (Å²) in [6.45, 7) is 8.12. The maximum atomic E-state index is 12.7. The average Bonchev–Trinajstić information content (AvgIpc) is 3.40. The number of carbonyl (C=O) groups is 2. The van der Waals surface area contributed by atoms with Crippen molar-refractivity contribution in [1.82, 2.24) is 0 Å². The molecular formula is C44H76NO10P. The summed E-state index contributed by atoms with van der Waals surface area (Å²) < 4.78 is 39.9. The van der Waals surface area contributed by atoms with Crippen molar-refractivity contribution in [3.05, 3.63) is 59.1 Å². The summed E-state index contributed by atoms with van der Waals surface area (Å²) in [5.74, 6) is 1.28. The molecule has 0 aromatic carbocycles. The summed E-state index contributed by atoms with van der Waals surface area (Å²) in [7, 11) is 1.07. The van der Waals surface area contributed by atoms with E-state index in [9.17, 15) is 24.2 Å². The molecule has 56 heavy (non-hydrogen) atoms. The molecule has 0 fully saturated rings. The van der Waals surface area contributed by atoms with Crippen LogP contribution in [0.25, 0.3) is 0 Å². The van der Waals surface area contributed by atoms with Crippen molar-refractivity contribution >= 4 is 19.8 Å². The van der Waals surface area contributed by atoms with Crippen LogP contribution in [-0.4, -0.2) is 81.2 Å². The van der Waals surface area contributed by atoms with Gasteiger partial charge in [0.05, 0.1) is 33.9 Å². The third-order valence-electron chi connectivity index (χ3n) is 9.45. The first-order valence-corrected chi connectivity index (χ1v) is 22.6. The average molecular weight is 810 g/mol. The molecule has 1 N–H and O–H groups in total. The molecule has 0 spiro atoms. The number of allylic oxidation sites excluding steroid dienone is 5. The van der Waals surface area contributed by atoms with Gasteiger partial charge < -0.3 is 37.4 Å². The number of likely N-dealkylation sites (N-methyl/N-ethyl adjacent to an activating group) is 1. The van der Waals surface area contributed by atoms with Gasteiger partial charge in [0.1, 0.15) is 31.3 Å². The van der Waals surface area contributed by atoms with E-state index in [0.717, 1.165) is 101 Å². The molecule has 1 aromatic heterocycles. The number of furan rings is 1. The molecule has 3 atom stereocenters. The topological polar surface area (TPSA) is 145 Å². The summed E-state index contributed by atoms with van der Waals surface area (Å²) in [6.07, 6.45) is 26.3. The van der Waals surface area contributed by atoms with Crippen LogP contribution in [0.4, 0.5) is 0 Å². The van der Waals surface area contributed by atoms with Crippen molar-refractivity contribution in [2.45, 2.75) is 162 Å². The second kappa shape index (κ2) is 30.5. The standard InChI is InChI=1S/C44H76NO10P/c1-8-10-11-12-13-17-22-28-39(46)29-23-18-16-21-26-32-44(48)54-40(36-53-56(49,50)52-34-33-45(5,6)7)35-51-43(47)31-25-20-15-14-19-24-30-42-38(4)37(3)41(55-42)27-9-2/h10-11,13,17,22,28,39-40,46H,8-9,12,14-16,18-21,23-27,29-36H2,1-7H3/b11-10+,17-13+,28-22+/t39?,40-/m1/s1. The Hall–Kier alpha value is -2.53. The van der Waals surface area contributed by atoms with Crippen molar-refractivity contribution in [3.8, 4) is 0 Å². The summed E-state index contributed by atoms with van der Waals surface area (Å²) >= 11 is 0. The Labute approximate surface area is 339 Å². The molecule has 0 aliphatic heterocycles. The van der Waals surface area contributed by atoms with Gasteiger partial charge in [-0.15, -0.1) is 0 Å². The molecule has 1 aromatic rings. The second-order valence-corrected chi connectivity index (χ2v) is 17.2. The minimum atomic E-state index is -4.66. The van der Waals surface area contributed by atoms with E-state index in [4.69, 9.17) is 22.9 Å². The highest BCUT2D eigenvalue weighted by Gasteiger charge is 2.22. The summed E-state index contributed by atoms with van der Waals surface area (Å²) in [5, 5.41) is 10.2. The van der Waals surface area contributed by atoms with Crippen molar-refractivity contribution in [1.29, 1.82) is 0 Å². The van der Waals surface area contributed by atoms with Crippen LogP contribution < -0.4 is 4.89 Å². The predicted molar refractivity (Wildman–Crippen MR) is 222 cm³/mol. The van der Waals surface area contributed by atoms with Gasteiger partial charge in [0.2, 0.25) is 0 Å². The number of ether oxygens (including phenoxy) is 2. The third kappa shape index (κ3) is 27.2. The Bertz CT molecular complexity index is 1350. The van der Waals surface area contributed by atoms with Crippen LogP contribution >= 0.6 is 7.82 Å². The fourth-order valence-electron chi connectivity index (χ4n) is 5.88. The quantitative estimate of drug-likeness (QED) is 0.0179. The van der Waals surface area contributed by atoms with Gasteiger partial charge in [-0.25, -0.2) is 0 Å². The first-order chi connectivity index (χ1) is 26.7. The maximum Gasteiger partial charge on any atom is 0.306 e. The van der Waals surface area contributed by atoms with E-state index in [1.807, 2.05) is 39.4 Å². The molecule has 2 unspecified atom stereocenters. The zero-order valence-corrected chi connectivity index (χ0v) is 36.8. The monoisotopic (exact) mass is 810 g/mol. The third-order valence-corrected chi connectivity index (χ3v) is 10.4. The summed E-state index contributed by atoms with van der Waals surface area (Å²) in [6, 6.07) is 0. The number of hydrogen-bond donors (Lipinski definition) is 1. The van der Waals surface area contributed by atoms with E-state index < -0.39 is 38.6 Å². The van der Waals surface area contributed by atoms with Gasteiger partial charge in [0.25, 0.3) is 7.82 Å². The van der Waals surface area contributed by atoms with Crippen LogP contribution in [0, 0.1) is 13.8 Å². The van der Waals surface area contributed by atoms with E-state index in [2.05, 4.69) is 39.8 Å². The van der Waals surface area contributed by atoms with Gasteiger partial charge in [0, 0.05) is 25.7 Å². The van der Waals surface area contributed by atoms with Gasteiger partial charge in [-0.3, -0.25) is 14.2 Å². The number of esters is 2. The molecule has 12 heteroatoms. The Morgan fingerprint density at radius 2 is 1.39 bits per heavy atom. The van der Waals surface area contributed by atoms with E-state index >= 15 is 0 Å². The highest BCUT2D eigenvalue weighted by Crippen LogP contribution is 2.38. The maximum absolute atomic E-state index is 12.7. The van der Waals surface area contributed by atoms with Crippen molar-refractivity contribution in [2.75, 3.05) is 47.5 Å². The van der Waals surface area contributed by atoms with E-state index in [0.29, 0.717) is 30.3 Å². The molecule has 0 bridgehead atoms. The lowest BCUT2D eigenvalue weighted by molar-refractivity contribution is -0.870. The van der Waals surface area contributed by atoms with Crippen molar-refractivity contribution in [2.24, 2.45) is 0 Å². The number of rotatable bonds is 34. The minimum absolute atomic E-state index is 0.0584. The van der Waals surface area contributed by atoms with Crippen LogP contribution in [0.5, 0.6) is 0 Å². The molecule has 0 radical (unpaired) electrons. The minimum Gasteiger partial charge on any atom is -0.756 e. The molecule has 322 valence electrons. The highest BCUT2D eigenvalue weighted by molar-refractivity contribution is 7.45. The lowest BCUT2D eigenvalue weighted by atomic mass is 10.0. The number of aryl methyl sites for hydroxylation is 2. The molecule has 1 heterocycles. The molecule has 11 nitrogen and oxygen atoms in total. The van der Waals surface area contributed by atoms with E-state index in [-0.39, 0.29) is 26.1 Å². The van der Waals surface area contributed by atoms with Crippen LogP contribution in [-0.2, 0) is 45.5 Å². The predicted octanol–water partition coefficient (Wildman–Crippen LogP) is 9.35. The van der Waals surface area contributed by atoms with Crippen LogP contribution in [0.15, 0.2) is 40.9 Å². The Balaban J connectivity index is 2.42. The number of phosphoric ester groups is 1. The zero-order chi connectivity index (χ0) is 41.7.